The number of hydrogen-bond donors (Lipinski definition) is 1. The van der Waals surface area contributed by atoms with Crippen molar-refractivity contribution in [2.45, 2.75) is 6.54 Å². The predicted octanol–water partition coefficient (Wildman–Crippen LogP) is 3.19. The number of amides is 1. The quantitative estimate of drug-likeness (QED) is 0.724. The molecule has 1 saturated heterocycles. The summed E-state index contributed by atoms with van der Waals surface area (Å²) in [4.78, 5) is 25.3. The first-order chi connectivity index (χ1) is 14.2. The van der Waals surface area contributed by atoms with Crippen molar-refractivity contribution in [2.24, 2.45) is 0 Å². The number of aromatic nitrogens is 2. The highest BCUT2D eigenvalue weighted by molar-refractivity contribution is 5.92. The molecule has 1 N–H and O–H groups in total. The molecule has 0 saturated carbocycles. The average molecular weight is 391 g/mol. The molecule has 2 aromatic carbocycles. The summed E-state index contributed by atoms with van der Waals surface area (Å²) < 4.78 is 13.7. The number of carbonyl (C=O) groups is 1. The van der Waals surface area contributed by atoms with Crippen LogP contribution in [0.15, 0.2) is 67.0 Å². The van der Waals surface area contributed by atoms with E-state index in [1.54, 1.807) is 23.1 Å². The van der Waals surface area contributed by atoms with Gasteiger partial charge in [-0.1, -0.05) is 36.4 Å². The molecule has 148 valence electrons. The largest absolute Gasteiger partial charge is 0.368 e. The lowest BCUT2D eigenvalue weighted by Gasteiger charge is -2.35. The second kappa shape index (κ2) is 8.68. The van der Waals surface area contributed by atoms with Crippen molar-refractivity contribution in [1.29, 1.82) is 0 Å². The number of benzene rings is 2. The van der Waals surface area contributed by atoms with Gasteiger partial charge in [-0.15, -0.1) is 0 Å². The maximum absolute atomic E-state index is 13.7. The van der Waals surface area contributed by atoms with Crippen LogP contribution in [0.25, 0.3) is 0 Å². The Hall–Kier alpha value is -3.48. The molecule has 7 heteroatoms. The van der Waals surface area contributed by atoms with Gasteiger partial charge in [-0.05, 0) is 18.2 Å². The molecule has 1 aliphatic rings. The van der Waals surface area contributed by atoms with Gasteiger partial charge in [-0.3, -0.25) is 4.79 Å². The average Bonchev–Trinajstić information content (AvgIpc) is 2.79. The topological polar surface area (TPSA) is 61.4 Å². The van der Waals surface area contributed by atoms with Gasteiger partial charge >= 0.3 is 0 Å². The molecule has 6 nitrogen and oxygen atoms in total. The highest BCUT2D eigenvalue weighted by Crippen LogP contribution is 2.16. The van der Waals surface area contributed by atoms with Gasteiger partial charge in [0.1, 0.15) is 17.3 Å². The van der Waals surface area contributed by atoms with Crippen LogP contribution in [0.2, 0.25) is 0 Å². The molecule has 0 bridgehead atoms. The Kier molecular flexibility index (Phi) is 5.65. The number of para-hydroxylation sites is 1. The molecule has 4 rings (SSSR count). The molecule has 1 aromatic heterocycles. The van der Waals surface area contributed by atoms with E-state index in [0.717, 1.165) is 13.1 Å². The van der Waals surface area contributed by atoms with Gasteiger partial charge in [-0.2, -0.15) is 0 Å². The molecule has 0 spiro atoms. The van der Waals surface area contributed by atoms with Gasteiger partial charge in [0.25, 0.3) is 5.91 Å². The number of hydrogen-bond acceptors (Lipinski definition) is 5. The number of rotatable bonds is 5. The van der Waals surface area contributed by atoms with Gasteiger partial charge in [0.15, 0.2) is 0 Å². The van der Waals surface area contributed by atoms with Crippen LogP contribution in [0.1, 0.15) is 16.1 Å². The Balaban J connectivity index is 1.32. The van der Waals surface area contributed by atoms with Crippen molar-refractivity contribution in [3.8, 4) is 0 Å². The van der Waals surface area contributed by atoms with E-state index in [-0.39, 0.29) is 11.7 Å². The zero-order valence-electron chi connectivity index (χ0n) is 16.0. The van der Waals surface area contributed by atoms with Crippen LogP contribution in [-0.4, -0.2) is 47.0 Å². The van der Waals surface area contributed by atoms with Crippen molar-refractivity contribution < 1.29 is 9.18 Å². The summed E-state index contributed by atoms with van der Waals surface area (Å²) in [5.41, 5.74) is 2.03. The third-order valence-corrected chi connectivity index (χ3v) is 4.98. The Bertz CT molecular complexity index is 956. The second-order valence-corrected chi connectivity index (χ2v) is 6.85. The van der Waals surface area contributed by atoms with Gasteiger partial charge in [0.05, 0.1) is 12.4 Å². The fourth-order valence-corrected chi connectivity index (χ4v) is 3.33. The van der Waals surface area contributed by atoms with Gasteiger partial charge in [0.2, 0.25) is 0 Å². The van der Waals surface area contributed by atoms with Gasteiger partial charge in [0, 0.05) is 44.0 Å². The van der Waals surface area contributed by atoms with E-state index in [4.69, 9.17) is 0 Å². The van der Waals surface area contributed by atoms with Crippen LogP contribution in [-0.2, 0) is 6.54 Å². The normalized spacial score (nSPS) is 14.0. The van der Waals surface area contributed by atoms with Crippen LogP contribution < -0.4 is 10.2 Å². The first-order valence-corrected chi connectivity index (χ1v) is 9.59. The molecule has 2 heterocycles. The van der Waals surface area contributed by atoms with Crippen LogP contribution in [0, 0.1) is 5.82 Å². The standard InChI is InChI=1S/C22H22FN5O/c23-19-9-5-4-6-17(19)14-25-21-16-24-20(15-26-21)22(29)28-12-10-27(11-13-28)18-7-2-1-3-8-18/h1-9,15-16H,10-14H2,(H,25,26). The smallest absolute Gasteiger partial charge is 0.274 e. The number of nitrogens with zero attached hydrogens (tertiary/aromatic N) is 4. The SMILES string of the molecule is O=C(c1cnc(NCc2ccccc2F)cn1)N1CCN(c2ccccc2)CC1. The van der Waals surface area contributed by atoms with E-state index in [2.05, 4.69) is 32.3 Å². The zero-order chi connectivity index (χ0) is 20.1. The third-order valence-electron chi connectivity index (χ3n) is 4.98. The Morgan fingerprint density at radius 3 is 2.34 bits per heavy atom. The summed E-state index contributed by atoms with van der Waals surface area (Å²) in [7, 11) is 0. The highest BCUT2D eigenvalue weighted by Gasteiger charge is 2.23. The van der Waals surface area contributed by atoms with Crippen molar-refractivity contribution in [3.63, 3.8) is 0 Å². The van der Waals surface area contributed by atoms with Crippen LogP contribution in [0.3, 0.4) is 0 Å². The lowest BCUT2D eigenvalue weighted by atomic mass is 10.2. The van der Waals surface area contributed by atoms with Crippen molar-refractivity contribution >= 4 is 17.4 Å². The van der Waals surface area contributed by atoms with Crippen molar-refractivity contribution in [1.82, 2.24) is 14.9 Å². The number of carbonyl (C=O) groups excluding carboxylic acids is 1. The summed E-state index contributed by atoms with van der Waals surface area (Å²) in [5, 5.41) is 3.03. The fourth-order valence-electron chi connectivity index (χ4n) is 3.33. The number of piperazine rings is 1. The molecule has 3 aromatic rings. The lowest BCUT2D eigenvalue weighted by Crippen LogP contribution is -2.49. The minimum absolute atomic E-state index is 0.120. The van der Waals surface area contributed by atoms with Crippen molar-refractivity contribution in [3.05, 3.63) is 84.1 Å². The number of anilines is 2. The van der Waals surface area contributed by atoms with E-state index < -0.39 is 0 Å². The van der Waals surface area contributed by atoms with Crippen LogP contribution in [0.5, 0.6) is 0 Å². The van der Waals surface area contributed by atoms with E-state index >= 15 is 0 Å². The van der Waals surface area contributed by atoms with E-state index in [1.807, 2.05) is 18.2 Å². The molecule has 29 heavy (non-hydrogen) atoms. The van der Waals surface area contributed by atoms with Crippen LogP contribution >= 0.6 is 0 Å². The molecule has 0 unspecified atom stereocenters. The second-order valence-electron chi connectivity index (χ2n) is 6.85. The zero-order valence-corrected chi connectivity index (χ0v) is 16.0. The minimum atomic E-state index is -0.269. The first kappa shape index (κ1) is 18.9. The van der Waals surface area contributed by atoms with Crippen molar-refractivity contribution in [2.75, 3.05) is 36.4 Å². The number of halogens is 1. The fraction of sp³-hybridized carbons (Fsp3) is 0.227. The molecule has 1 amide bonds. The van der Waals surface area contributed by atoms with E-state index in [0.29, 0.717) is 36.7 Å². The Morgan fingerprint density at radius 2 is 1.66 bits per heavy atom. The third kappa shape index (κ3) is 4.51. The molecule has 0 atom stereocenters. The molecular weight excluding hydrogens is 369 g/mol. The predicted molar refractivity (Wildman–Crippen MR) is 110 cm³/mol. The molecule has 1 aliphatic heterocycles. The maximum atomic E-state index is 13.7. The molecule has 0 radical (unpaired) electrons. The summed E-state index contributed by atoms with van der Waals surface area (Å²) in [6.45, 7) is 3.15. The summed E-state index contributed by atoms with van der Waals surface area (Å²) >= 11 is 0. The first-order valence-electron chi connectivity index (χ1n) is 9.59. The lowest BCUT2D eigenvalue weighted by molar-refractivity contribution is 0.0740. The molecule has 0 aliphatic carbocycles. The molecule has 1 fully saturated rings. The summed E-state index contributed by atoms with van der Waals surface area (Å²) in [5.74, 6) is 0.110. The molecular formula is C22H22FN5O. The van der Waals surface area contributed by atoms with Crippen LogP contribution in [0.4, 0.5) is 15.9 Å². The minimum Gasteiger partial charge on any atom is -0.368 e. The highest BCUT2D eigenvalue weighted by atomic mass is 19.1. The van der Waals surface area contributed by atoms with Gasteiger partial charge < -0.3 is 15.1 Å². The maximum Gasteiger partial charge on any atom is 0.274 e. The van der Waals surface area contributed by atoms with E-state index in [9.17, 15) is 9.18 Å². The number of nitrogens with one attached hydrogen (secondary N) is 1. The Morgan fingerprint density at radius 1 is 0.931 bits per heavy atom. The Labute approximate surface area is 169 Å². The van der Waals surface area contributed by atoms with E-state index in [1.165, 1.54) is 24.1 Å². The monoisotopic (exact) mass is 391 g/mol. The summed E-state index contributed by atoms with van der Waals surface area (Å²) in [6.07, 6.45) is 2.98. The van der Waals surface area contributed by atoms with Gasteiger partial charge in [-0.25, -0.2) is 14.4 Å². The summed E-state index contributed by atoms with van der Waals surface area (Å²) in [6, 6.07) is 16.8.